The number of hydrogen-bond acceptors (Lipinski definition) is 3. The zero-order chi connectivity index (χ0) is 13.9. The van der Waals surface area contributed by atoms with Gasteiger partial charge in [0.1, 0.15) is 0 Å². The van der Waals surface area contributed by atoms with Crippen molar-refractivity contribution >= 4 is 5.69 Å². The van der Waals surface area contributed by atoms with Gasteiger partial charge >= 0.3 is 0 Å². The number of likely N-dealkylation sites (N-methyl/N-ethyl adjacent to an activating group) is 1. The van der Waals surface area contributed by atoms with Crippen LogP contribution in [0.15, 0.2) is 24.3 Å². The second-order valence-electron chi connectivity index (χ2n) is 6.46. The number of hydrogen-bond donors (Lipinski definition) is 1. The van der Waals surface area contributed by atoms with E-state index in [4.69, 9.17) is 4.74 Å². The monoisotopic (exact) mass is 262 g/mol. The number of nitrogens with zero attached hydrogens (tertiary/aromatic N) is 1. The standard InChI is InChI=1S/C16H26N2O/c1-16(2,3)13-5-7-14(8-6-13)17-11-15-12-18(4)9-10-19-15/h5-8,15,17H,9-12H2,1-4H3. The number of nitrogens with one attached hydrogen (secondary N) is 1. The van der Waals surface area contributed by atoms with E-state index in [9.17, 15) is 0 Å². The van der Waals surface area contributed by atoms with E-state index in [0.717, 1.165) is 26.2 Å². The molecule has 1 aromatic carbocycles. The lowest BCUT2D eigenvalue weighted by atomic mass is 9.87. The van der Waals surface area contributed by atoms with E-state index in [1.807, 2.05) is 0 Å². The van der Waals surface area contributed by atoms with Crippen molar-refractivity contribution in [1.82, 2.24) is 4.90 Å². The summed E-state index contributed by atoms with van der Waals surface area (Å²) in [4.78, 5) is 2.32. The summed E-state index contributed by atoms with van der Waals surface area (Å²) in [5.41, 5.74) is 2.75. The predicted octanol–water partition coefficient (Wildman–Crippen LogP) is 2.73. The highest BCUT2D eigenvalue weighted by Crippen LogP contribution is 2.23. The van der Waals surface area contributed by atoms with Crippen LogP contribution in [0.5, 0.6) is 0 Å². The SMILES string of the molecule is CN1CCOC(CNc2ccc(C(C)(C)C)cc2)C1. The Kier molecular flexibility index (Phi) is 4.48. The van der Waals surface area contributed by atoms with Gasteiger partial charge in [0.25, 0.3) is 0 Å². The van der Waals surface area contributed by atoms with Crippen molar-refractivity contribution in [2.24, 2.45) is 0 Å². The summed E-state index contributed by atoms with van der Waals surface area (Å²) < 4.78 is 5.74. The minimum absolute atomic E-state index is 0.216. The van der Waals surface area contributed by atoms with Crippen LogP contribution in [0.4, 0.5) is 5.69 Å². The zero-order valence-electron chi connectivity index (χ0n) is 12.6. The quantitative estimate of drug-likeness (QED) is 0.906. The summed E-state index contributed by atoms with van der Waals surface area (Å²) in [6.07, 6.45) is 0.293. The molecule has 0 spiro atoms. The highest BCUT2D eigenvalue weighted by atomic mass is 16.5. The highest BCUT2D eigenvalue weighted by Gasteiger charge is 2.17. The highest BCUT2D eigenvalue weighted by molar-refractivity contribution is 5.45. The molecular formula is C16H26N2O. The normalized spacial score (nSPS) is 21.4. The first-order valence-corrected chi connectivity index (χ1v) is 7.10. The first kappa shape index (κ1) is 14.4. The van der Waals surface area contributed by atoms with E-state index in [1.54, 1.807) is 0 Å². The molecule has 1 aliphatic rings. The van der Waals surface area contributed by atoms with Crippen molar-refractivity contribution < 1.29 is 4.74 Å². The van der Waals surface area contributed by atoms with Crippen LogP contribution in [0.3, 0.4) is 0 Å². The smallest absolute Gasteiger partial charge is 0.0874 e. The topological polar surface area (TPSA) is 24.5 Å². The number of rotatable bonds is 3. The van der Waals surface area contributed by atoms with Crippen LogP contribution in [-0.4, -0.2) is 44.3 Å². The molecule has 1 fully saturated rings. The second-order valence-corrected chi connectivity index (χ2v) is 6.46. The molecule has 0 aliphatic carbocycles. The first-order valence-electron chi connectivity index (χ1n) is 7.10. The van der Waals surface area contributed by atoms with Gasteiger partial charge < -0.3 is 15.0 Å². The van der Waals surface area contributed by atoms with Gasteiger partial charge in [-0.15, -0.1) is 0 Å². The summed E-state index contributed by atoms with van der Waals surface area (Å²) >= 11 is 0. The van der Waals surface area contributed by atoms with Gasteiger partial charge in [-0.25, -0.2) is 0 Å². The summed E-state index contributed by atoms with van der Waals surface area (Å²) in [6, 6.07) is 8.73. The predicted molar refractivity (Wildman–Crippen MR) is 80.9 cm³/mol. The average Bonchev–Trinajstić information content (AvgIpc) is 2.36. The fourth-order valence-corrected chi connectivity index (χ4v) is 2.31. The van der Waals surface area contributed by atoms with Crippen molar-refractivity contribution in [3.8, 4) is 0 Å². The Morgan fingerprint density at radius 1 is 1.26 bits per heavy atom. The summed E-state index contributed by atoms with van der Waals surface area (Å²) in [5.74, 6) is 0. The molecule has 19 heavy (non-hydrogen) atoms. The molecule has 1 N–H and O–H groups in total. The van der Waals surface area contributed by atoms with Crippen LogP contribution in [0.1, 0.15) is 26.3 Å². The molecule has 1 aromatic rings. The van der Waals surface area contributed by atoms with Crippen LogP contribution in [-0.2, 0) is 10.2 Å². The molecular weight excluding hydrogens is 236 g/mol. The Hall–Kier alpha value is -1.06. The summed E-state index contributed by atoms with van der Waals surface area (Å²) in [5, 5.41) is 3.46. The zero-order valence-corrected chi connectivity index (χ0v) is 12.6. The van der Waals surface area contributed by atoms with E-state index < -0.39 is 0 Å². The fourth-order valence-electron chi connectivity index (χ4n) is 2.31. The van der Waals surface area contributed by atoms with Crippen molar-refractivity contribution in [2.75, 3.05) is 38.6 Å². The fraction of sp³-hybridized carbons (Fsp3) is 0.625. The molecule has 0 saturated carbocycles. The van der Waals surface area contributed by atoms with Gasteiger partial charge in [-0.1, -0.05) is 32.9 Å². The van der Waals surface area contributed by atoms with Crippen molar-refractivity contribution in [1.29, 1.82) is 0 Å². The van der Waals surface area contributed by atoms with Crippen molar-refractivity contribution in [3.63, 3.8) is 0 Å². The molecule has 0 radical (unpaired) electrons. The van der Waals surface area contributed by atoms with E-state index in [2.05, 4.69) is 62.3 Å². The van der Waals surface area contributed by atoms with Gasteiger partial charge in [-0.2, -0.15) is 0 Å². The van der Waals surface area contributed by atoms with Gasteiger partial charge in [0, 0.05) is 25.3 Å². The van der Waals surface area contributed by atoms with E-state index in [0.29, 0.717) is 6.10 Å². The maximum atomic E-state index is 5.74. The number of benzene rings is 1. The molecule has 1 unspecified atom stereocenters. The van der Waals surface area contributed by atoms with Gasteiger partial charge in [0.15, 0.2) is 0 Å². The maximum absolute atomic E-state index is 5.74. The summed E-state index contributed by atoms with van der Waals surface area (Å²) in [7, 11) is 2.15. The van der Waals surface area contributed by atoms with Crippen molar-refractivity contribution in [2.45, 2.75) is 32.3 Å². The molecule has 1 heterocycles. The van der Waals surface area contributed by atoms with Gasteiger partial charge in [0.05, 0.1) is 12.7 Å². The van der Waals surface area contributed by atoms with Gasteiger partial charge in [-0.3, -0.25) is 0 Å². The van der Waals surface area contributed by atoms with E-state index in [-0.39, 0.29) is 5.41 Å². The summed E-state index contributed by atoms with van der Waals surface area (Å²) in [6.45, 7) is 10.5. The number of anilines is 1. The minimum atomic E-state index is 0.216. The van der Waals surface area contributed by atoms with Crippen LogP contribution in [0.2, 0.25) is 0 Å². The van der Waals surface area contributed by atoms with E-state index in [1.165, 1.54) is 11.3 Å². The Balaban J connectivity index is 1.86. The second kappa shape index (κ2) is 5.93. The third-order valence-corrected chi connectivity index (χ3v) is 3.63. The van der Waals surface area contributed by atoms with Crippen LogP contribution in [0.25, 0.3) is 0 Å². The lowest BCUT2D eigenvalue weighted by Gasteiger charge is -2.30. The Bertz CT molecular complexity index is 394. The Labute approximate surface area is 116 Å². The molecule has 1 atom stereocenters. The first-order chi connectivity index (χ1) is 8.95. The Morgan fingerprint density at radius 2 is 1.95 bits per heavy atom. The average molecular weight is 262 g/mol. The molecule has 0 bridgehead atoms. The van der Waals surface area contributed by atoms with Gasteiger partial charge in [-0.05, 0) is 30.2 Å². The number of morpholine rings is 1. The molecule has 0 amide bonds. The lowest BCUT2D eigenvalue weighted by molar-refractivity contribution is -0.0117. The van der Waals surface area contributed by atoms with Gasteiger partial charge in [0.2, 0.25) is 0 Å². The minimum Gasteiger partial charge on any atom is -0.382 e. The van der Waals surface area contributed by atoms with E-state index >= 15 is 0 Å². The molecule has 1 saturated heterocycles. The third-order valence-electron chi connectivity index (χ3n) is 3.63. The molecule has 3 heteroatoms. The lowest BCUT2D eigenvalue weighted by Crippen LogP contribution is -2.43. The Morgan fingerprint density at radius 3 is 2.53 bits per heavy atom. The largest absolute Gasteiger partial charge is 0.382 e. The molecule has 106 valence electrons. The molecule has 1 aliphatic heterocycles. The molecule has 0 aromatic heterocycles. The molecule has 2 rings (SSSR count). The van der Waals surface area contributed by atoms with Crippen LogP contribution < -0.4 is 5.32 Å². The maximum Gasteiger partial charge on any atom is 0.0874 e. The number of ether oxygens (including phenoxy) is 1. The van der Waals surface area contributed by atoms with Crippen LogP contribution >= 0.6 is 0 Å². The molecule has 3 nitrogen and oxygen atoms in total. The third kappa shape index (κ3) is 4.22. The van der Waals surface area contributed by atoms with Crippen molar-refractivity contribution in [3.05, 3.63) is 29.8 Å². The van der Waals surface area contributed by atoms with Crippen LogP contribution in [0, 0.1) is 0 Å².